The van der Waals surface area contributed by atoms with E-state index in [0.29, 0.717) is 18.4 Å². The molecular weight excluding hydrogens is 388 g/mol. The smallest absolute Gasteiger partial charge is 0.231 e. The van der Waals surface area contributed by atoms with Crippen molar-refractivity contribution in [2.45, 2.75) is 39.5 Å². The van der Waals surface area contributed by atoms with Crippen molar-refractivity contribution in [2.75, 3.05) is 19.6 Å². The Morgan fingerprint density at radius 2 is 2.03 bits per heavy atom. The van der Waals surface area contributed by atoms with Gasteiger partial charge >= 0.3 is 0 Å². The van der Waals surface area contributed by atoms with Crippen molar-refractivity contribution in [2.24, 2.45) is 5.73 Å². The molecule has 7 heteroatoms. The van der Waals surface area contributed by atoms with Gasteiger partial charge in [0.2, 0.25) is 5.91 Å². The molecule has 7 nitrogen and oxygen atoms in total. The number of rotatable bonds is 5. The van der Waals surface area contributed by atoms with E-state index in [9.17, 15) is 4.79 Å². The van der Waals surface area contributed by atoms with Gasteiger partial charge in [0.05, 0.1) is 12.2 Å². The standard InChI is InChI=1S/C24H28N6O/c1-13(2)22-18-7-16(17-8-29(9-17)11-21(25)31)5-6-20(18)28-23(22)19-10-30-24(26-12-27-30)15(4)14(19)3/h5-7,10,12-13,17,28H,8-9,11H2,1-4H3,(H2,25,31). The molecule has 4 heterocycles. The number of carbonyl (C=O) groups is 1. The van der Waals surface area contributed by atoms with Crippen LogP contribution in [0.3, 0.4) is 0 Å². The average Bonchev–Trinajstić information content (AvgIpc) is 3.30. The maximum absolute atomic E-state index is 11.2. The van der Waals surface area contributed by atoms with Crippen LogP contribution in [0.25, 0.3) is 27.8 Å². The molecule has 0 unspecified atom stereocenters. The van der Waals surface area contributed by atoms with Crippen LogP contribution >= 0.6 is 0 Å². The number of nitrogens with two attached hydrogens (primary N) is 1. The van der Waals surface area contributed by atoms with Gasteiger partial charge in [0.25, 0.3) is 0 Å². The van der Waals surface area contributed by atoms with Crippen molar-refractivity contribution in [1.82, 2.24) is 24.5 Å². The van der Waals surface area contributed by atoms with E-state index in [1.807, 2.05) is 4.52 Å². The third kappa shape index (κ3) is 3.20. The highest BCUT2D eigenvalue weighted by Crippen LogP contribution is 2.39. The first kappa shape index (κ1) is 19.8. The summed E-state index contributed by atoms with van der Waals surface area (Å²) in [6, 6.07) is 6.72. The first-order valence-corrected chi connectivity index (χ1v) is 10.8. The van der Waals surface area contributed by atoms with Gasteiger partial charge in [-0.2, -0.15) is 5.10 Å². The van der Waals surface area contributed by atoms with E-state index in [1.165, 1.54) is 22.1 Å². The molecule has 1 aliphatic rings. The van der Waals surface area contributed by atoms with Gasteiger partial charge in [0.15, 0.2) is 5.65 Å². The van der Waals surface area contributed by atoms with E-state index < -0.39 is 0 Å². The number of primary amides is 1. The predicted octanol–water partition coefficient (Wildman–Crippen LogP) is 3.50. The van der Waals surface area contributed by atoms with E-state index in [1.54, 1.807) is 6.33 Å². The van der Waals surface area contributed by atoms with Crippen LogP contribution in [0.1, 0.15) is 47.9 Å². The van der Waals surface area contributed by atoms with Crippen molar-refractivity contribution in [3.63, 3.8) is 0 Å². The number of carbonyl (C=O) groups excluding carboxylic acids is 1. The largest absolute Gasteiger partial charge is 0.369 e. The SMILES string of the molecule is Cc1c(-c2[nH]c3ccc(C4CN(CC(N)=O)C4)cc3c2C(C)C)cn2ncnc2c1C. The number of nitrogens with one attached hydrogen (secondary N) is 1. The lowest BCUT2D eigenvalue weighted by Crippen LogP contribution is -2.48. The second-order valence-corrected chi connectivity index (χ2v) is 9.05. The van der Waals surface area contributed by atoms with Gasteiger partial charge in [0.1, 0.15) is 6.33 Å². The van der Waals surface area contributed by atoms with Crippen LogP contribution in [-0.4, -0.2) is 50.0 Å². The Hall–Kier alpha value is -3.19. The number of hydrogen-bond donors (Lipinski definition) is 2. The molecule has 0 atom stereocenters. The molecule has 1 amide bonds. The Morgan fingerprint density at radius 1 is 1.26 bits per heavy atom. The molecule has 4 aromatic rings. The van der Waals surface area contributed by atoms with Crippen LogP contribution in [0.2, 0.25) is 0 Å². The highest BCUT2D eigenvalue weighted by molar-refractivity contribution is 5.92. The Balaban J connectivity index is 1.60. The fourth-order valence-electron chi connectivity index (χ4n) is 4.88. The van der Waals surface area contributed by atoms with Crippen LogP contribution in [0.5, 0.6) is 0 Å². The molecule has 1 fully saturated rings. The molecule has 1 aliphatic heterocycles. The molecule has 0 aliphatic carbocycles. The fourth-order valence-corrected chi connectivity index (χ4v) is 4.88. The molecule has 3 N–H and O–H groups in total. The van der Waals surface area contributed by atoms with Crippen molar-refractivity contribution in [3.8, 4) is 11.3 Å². The molecular formula is C24H28N6O. The average molecular weight is 417 g/mol. The Morgan fingerprint density at radius 3 is 2.74 bits per heavy atom. The second kappa shape index (κ2) is 7.20. The van der Waals surface area contributed by atoms with Crippen LogP contribution in [0, 0.1) is 13.8 Å². The van der Waals surface area contributed by atoms with Crippen molar-refractivity contribution < 1.29 is 4.79 Å². The minimum Gasteiger partial charge on any atom is -0.369 e. The maximum atomic E-state index is 11.2. The summed E-state index contributed by atoms with van der Waals surface area (Å²) in [4.78, 5) is 21.3. The molecule has 5 rings (SSSR count). The summed E-state index contributed by atoms with van der Waals surface area (Å²) in [5.41, 5.74) is 14.7. The lowest BCUT2D eigenvalue weighted by molar-refractivity contribution is -0.120. The van der Waals surface area contributed by atoms with Gasteiger partial charge in [-0.3, -0.25) is 9.69 Å². The molecule has 3 aromatic heterocycles. The van der Waals surface area contributed by atoms with Crippen molar-refractivity contribution >= 4 is 22.5 Å². The molecule has 1 aromatic carbocycles. The van der Waals surface area contributed by atoms with Crippen LogP contribution in [0.4, 0.5) is 0 Å². The number of hydrogen-bond acceptors (Lipinski definition) is 4. The first-order chi connectivity index (χ1) is 14.8. The summed E-state index contributed by atoms with van der Waals surface area (Å²) in [5.74, 6) is 0.539. The molecule has 0 spiro atoms. The third-order valence-electron chi connectivity index (χ3n) is 6.64. The number of fused-ring (bicyclic) bond motifs is 2. The van der Waals surface area contributed by atoms with Crippen LogP contribution in [0.15, 0.2) is 30.7 Å². The monoisotopic (exact) mass is 416 g/mol. The summed E-state index contributed by atoms with van der Waals surface area (Å²) in [5, 5.41) is 5.64. The van der Waals surface area contributed by atoms with Gasteiger partial charge in [-0.05, 0) is 54.2 Å². The van der Waals surface area contributed by atoms with E-state index in [2.05, 4.69) is 72.1 Å². The summed E-state index contributed by atoms with van der Waals surface area (Å²) < 4.78 is 1.86. The molecule has 0 radical (unpaired) electrons. The van der Waals surface area contributed by atoms with Crippen LogP contribution in [-0.2, 0) is 4.79 Å². The van der Waals surface area contributed by atoms with Gasteiger partial charge in [-0.15, -0.1) is 0 Å². The highest BCUT2D eigenvalue weighted by Gasteiger charge is 2.29. The molecule has 0 saturated carbocycles. The number of pyridine rings is 1. The lowest BCUT2D eigenvalue weighted by atomic mass is 9.88. The zero-order valence-corrected chi connectivity index (χ0v) is 18.4. The number of nitrogens with zero attached hydrogens (tertiary/aromatic N) is 4. The van der Waals surface area contributed by atoms with Crippen molar-refractivity contribution in [1.29, 1.82) is 0 Å². The van der Waals surface area contributed by atoms with Gasteiger partial charge < -0.3 is 10.7 Å². The van der Waals surface area contributed by atoms with E-state index in [-0.39, 0.29) is 5.91 Å². The number of amides is 1. The molecule has 0 bridgehead atoms. The Kier molecular flexibility index (Phi) is 4.59. The van der Waals surface area contributed by atoms with Gasteiger partial charge in [0, 0.05) is 41.7 Å². The zero-order chi connectivity index (χ0) is 21.9. The van der Waals surface area contributed by atoms with Crippen LogP contribution < -0.4 is 5.73 Å². The molecule has 1 saturated heterocycles. The second-order valence-electron chi connectivity index (χ2n) is 9.05. The minimum absolute atomic E-state index is 0.263. The van der Waals surface area contributed by atoms with E-state index >= 15 is 0 Å². The molecule has 31 heavy (non-hydrogen) atoms. The number of H-pyrrole nitrogens is 1. The number of aromatic amines is 1. The molecule has 160 valence electrons. The lowest BCUT2D eigenvalue weighted by Gasteiger charge is -2.38. The first-order valence-electron chi connectivity index (χ1n) is 10.8. The number of aryl methyl sites for hydroxylation is 1. The zero-order valence-electron chi connectivity index (χ0n) is 18.4. The quantitative estimate of drug-likeness (QED) is 0.521. The third-order valence-corrected chi connectivity index (χ3v) is 6.64. The highest BCUT2D eigenvalue weighted by atomic mass is 16.1. The summed E-state index contributed by atoms with van der Waals surface area (Å²) in [6.45, 7) is 10.8. The number of aromatic nitrogens is 4. The number of likely N-dealkylation sites (tertiary alicyclic amines) is 1. The summed E-state index contributed by atoms with van der Waals surface area (Å²) in [7, 11) is 0. The Bertz CT molecular complexity index is 1310. The fraction of sp³-hybridized carbons (Fsp3) is 0.375. The van der Waals surface area contributed by atoms with E-state index in [0.717, 1.165) is 41.1 Å². The Labute approximate surface area is 181 Å². The topological polar surface area (TPSA) is 92.3 Å². The van der Waals surface area contributed by atoms with Crippen molar-refractivity contribution in [3.05, 3.63) is 53.0 Å². The number of benzene rings is 1. The normalized spacial score (nSPS) is 15.3. The summed E-state index contributed by atoms with van der Waals surface area (Å²) >= 11 is 0. The van der Waals surface area contributed by atoms with E-state index in [4.69, 9.17) is 5.73 Å². The van der Waals surface area contributed by atoms with Gasteiger partial charge in [-0.25, -0.2) is 9.50 Å². The predicted molar refractivity (Wildman–Crippen MR) is 122 cm³/mol. The summed E-state index contributed by atoms with van der Waals surface area (Å²) in [6.07, 6.45) is 3.68. The van der Waals surface area contributed by atoms with Gasteiger partial charge in [-0.1, -0.05) is 19.9 Å². The maximum Gasteiger partial charge on any atom is 0.231 e. The minimum atomic E-state index is -0.263.